The third-order valence-corrected chi connectivity index (χ3v) is 10.3. The lowest BCUT2D eigenvalue weighted by atomic mass is 9.76. The van der Waals surface area contributed by atoms with Crippen molar-refractivity contribution in [1.29, 1.82) is 0 Å². The lowest BCUT2D eigenvalue weighted by molar-refractivity contribution is -0.142. The molecular weight excluding hydrogens is 523 g/mol. The highest BCUT2D eigenvalue weighted by Crippen LogP contribution is 2.42. The Balaban J connectivity index is 1.22. The van der Waals surface area contributed by atoms with Crippen LogP contribution in [-0.2, 0) is 20.1 Å². The number of nitrogens with two attached hydrogens (primary N) is 1. The molecule has 3 atom stereocenters. The maximum absolute atomic E-state index is 14.0. The molecule has 41 heavy (non-hydrogen) atoms. The minimum absolute atomic E-state index is 0.0655. The third-order valence-electron chi connectivity index (χ3n) is 10.3. The highest BCUT2D eigenvalue weighted by Gasteiger charge is 2.47. The van der Waals surface area contributed by atoms with Gasteiger partial charge in [0.05, 0.1) is 5.52 Å². The standard InChI is InChI=1S/C32H43FN4O4/c1-32(2)37-26-13-12-23(16-22(26)17-27(37)31(40)41-32)35-29(38)28-24(19-6-4-3-5-7-19)14-15-36(28)30(39)21-10-8-20(9-11-21)25(34)18-33/h12-13,16-17,19-21,24-25,28H,3-11,14-15,18,34H2,1-2H3,(H,35,38)/t20-,21-,24?,25-,28+/m1/s1. The number of halogens is 1. The van der Waals surface area contributed by atoms with Crippen LogP contribution in [0.15, 0.2) is 24.3 Å². The van der Waals surface area contributed by atoms with Gasteiger partial charge in [0.15, 0.2) is 5.72 Å². The van der Waals surface area contributed by atoms with Crippen LogP contribution in [0.3, 0.4) is 0 Å². The van der Waals surface area contributed by atoms with Crippen molar-refractivity contribution in [2.75, 3.05) is 18.5 Å². The van der Waals surface area contributed by atoms with E-state index in [1.54, 1.807) is 0 Å². The lowest BCUT2D eigenvalue weighted by Crippen LogP contribution is -2.50. The third kappa shape index (κ3) is 5.15. The van der Waals surface area contributed by atoms with Crippen LogP contribution >= 0.6 is 0 Å². The van der Waals surface area contributed by atoms with Crippen molar-refractivity contribution in [3.8, 4) is 0 Å². The van der Waals surface area contributed by atoms with Crippen molar-refractivity contribution in [3.63, 3.8) is 0 Å². The summed E-state index contributed by atoms with van der Waals surface area (Å²) >= 11 is 0. The number of esters is 1. The fourth-order valence-corrected chi connectivity index (χ4v) is 8.17. The van der Waals surface area contributed by atoms with Crippen molar-refractivity contribution in [3.05, 3.63) is 30.0 Å². The quantitative estimate of drug-likeness (QED) is 0.459. The van der Waals surface area contributed by atoms with Gasteiger partial charge in [-0.15, -0.1) is 0 Å². The first-order chi connectivity index (χ1) is 19.7. The van der Waals surface area contributed by atoms with Crippen molar-refractivity contribution < 1.29 is 23.5 Å². The van der Waals surface area contributed by atoms with E-state index in [9.17, 15) is 18.8 Å². The zero-order valence-electron chi connectivity index (χ0n) is 24.2. The SMILES string of the molecule is CC1(C)OC(=O)c2cc3cc(NC(=O)[C@@H]4C(C5CCCCC5)CCN4C(=O)[C@H]4CC[C@H]([C@H](N)CF)CC4)ccc3n21. The van der Waals surface area contributed by atoms with E-state index in [2.05, 4.69) is 5.32 Å². The molecular formula is C32H43FN4O4. The topological polar surface area (TPSA) is 107 Å². The van der Waals surface area contributed by atoms with Crippen LogP contribution in [0.1, 0.15) is 88.5 Å². The van der Waals surface area contributed by atoms with Crippen LogP contribution < -0.4 is 11.1 Å². The Kier molecular flexibility index (Phi) is 7.59. The maximum atomic E-state index is 14.0. The molecule has 3 heterocycles. The average Bonchev–Trinajstić information content (AvgIpc) is 3.65. The minimum Gasteiger partial charge on any atom is -0.434 e. The normalized spacial score (nSPS) is 28.9. The summed E-state index contributed by atoms with van der Waals surface area (Å²) in [5, 5.41) is 4.00. The number of rotatable bonds is 6. The van der Waals surface area contributed by atoms with Gasteiger partial charge in [-0.2, -0.15) is 0 Å². The molecule has 0 radical (unpaired) electrons. The number of carbonyl (C=O) groups is 3. The highest BCUT2D eigenvalue weighted by atomic mass is 19.1. The Morgan fingerprint density at radius 2 is 1.80 bits per heavy atom. The molecule has 1 aromatic carbocycles. The number of amides is 2. The number of benzene rings is 1. The van der Waals surface area contributed by atoms with Gasteiger partial charge < -0.3 is 20.7 Å². The molecule has 1 saturated heterocycles. The lowest BCUT2D eigenvalue weighted by Gasteiger charge is -2.36. The average molecular weight is 567 g/mol. The number of aromatic nitrogens is 1. The number of cyclic esters (lactones) is 1. The van der Waals surface area contributed by atoms with E-state index in [0.29, 0.717) is 36.7 Å². The molecule has 2 amide bonds. The summed E-state index contributed by atoms with van der Waals surface area (Å²) in [6.07, 6.45) is 9.56. The second kappa shape index (κ2) is 11.0. The molecule has 1 aromatic heterocycles. The minimum atomic E-state index is -0.771. The molecule has 1 unspecified atom stereocenters. The molecule has 6 rings (SSSR count). The number of ether oxygens (including phenoxy) is 1. The first kappa shape index (κ1) is 28.2. The maximum Gasteiger partial charge on any atom is 0.357 e. The zero-order valence-corrected chi connectivity index (χ0v) is 24.2. The van der Waals surface area contributed by atoms with E-state index >= 15 is 0 Å². The van der Waals surface area contributed by atoms with Gasteiger partial charge in [0.2, 0.25) is 11.8 Å². The Labute approximate surface area is 241 Å². The fourth-order valence-electron chi connectivity index (χ4n) is 8.17. The van der Waals surface area contributed by atoms with Crippen LogP contribution in [0.2, 0.25) is 0 Å². The highest BCUT2D eigenvalue weighted by molar-refractivity contribution is 6.02. The summed E-state index contributed by atoms with van der Waals surface area (Å²) in [6, 6.07) is 6.52. The van der Waals surface area contributed by atoms with Crippen LogP contribution in [0, 0.1) is 23.7 Å². The molecule has 2 aliphatic carbocycles. The van der Waals surface area contributed by atoms with E-state index in [-0.39, 0.29) is 35.5 Å². The Bertz CT molecular complexity index is 1320. The Morgan fingerprint density at radius 3 is 2.51 bits per heavy atom. The van der Waals surface area contributed by atoms with Crippen molar-refractivity contribution in [2.45, 2.75) is 95.9 Å². The van der Waals surface area contributed by atoms with Gasteiger partial charge in [-0.25, -0.2) is 9.18 Å². The number of carbonyl (C=O) groups excluding carboxylic acids is 3. The van der Waals surface area contributed by atoms with E-state index in [0.717, 1.165) is 43.0 Å². The molecule has 222 valence electrons. The molecule has 2 aromatic rings. The van der Waals surface area contributed by atoms with E-state index in [1.165, 1.54) is 19.3 Å². The molecule has 9 heteroatoms. The molecule has 0 bridgehead atoms. The van der Waals surface area contributed by atoms with E-state index in [4.69, 9.17) is 10.5 Å². The van der Waals surface area contributed by atoms with Gasteiger partial charge in [0.1, 0.15) is 18.4 Å². The van der Waals surface area contributed by atoms with Crippen LogP contribution in [0.25, 0.3) is 10.9 Å². The summed E-state index contributed by atoms with van der Waals surface area (Å²) in [4.78, 5) is 42.2. The van der Waals surface area contributed by atoms with Crippen LogP contribution in [0.5, 0.6) is 0 Å². The van der Waals surface area contributed by atoms with Crippen LogP contribution in [-0.4, -0.2) is 52.6 Å². The summed E-state index contributed by atoms with van der Waals surface area (Å²) in [5.41, 5.74) is 7.21. The summed E-state index contributed by atoms with van der Waals surface area (Å²) in [7, 11) is 0. The second-order valence-corrected chi connectivity index (χ2v) is 13.2. The van der Waals surface area contributed by atoms with Gasteiger partial charge in [-0.1, -0.05) is 32.1 Å². The molecule has 4 aliphatic rings. The monoisotopic (exact) mass is 566 g/mol. The predicted molar refractivity (Wildman–Crippen MR) is 155 cm³/mol. The molecule has 3 N–H and O–H groups in total. The number of fused-ring (bicyclic) bond motifs is 3. The number of nitrogens with one attached hydrogen (secondary N) is 1. The molecule has 3 fully saturated rings. The molecule has 8 nitrogen and oxygen atoms in total. The fraction of sp³-hybridized carbons (Fsp3) is 0.656. The van der Waals surface area contributed by atoms with Gasteiger partial charge in [0, 0.05) is 29.6 Å². The first-order valence-electron chi connectivity index (χ1n) is 15.5. The number of hydrogen-bond acceptors (Lipinski definition) is 5. The summed E-state index contributed by atoms with van der Waals surface area (Å²) in [6.45, 7) is 3.79. The molecule has 0 spiro atoms. The largest absolute Gasteiger partial charge is 0.434 e. The number of hydrogen-bond donors (Lipinski definition) is 2. The van der Waals surface area contributed by atoms with Crippen molar-refractivity contribution >= 4 is 34.4 Å². The second-order valence-electron chi connectivity index (χ2n) is 13.2. The van der Waals surface area contributed by atoms with Crippen LogP contribution in [0.4, 0.5) is 10.1 Å². The van der Waals surface area contributed by atoms with E-state index in [1.807, 2.05) is 47.6 Å². The van der Waals surface area contributed by atoms with Gasteiger partial charge in [0.25, 0.3) is 0 Å². The van der Waals surface area contributed by atoms with Gasteiger partial charge in [-0.3, -0.25) is 14.2 Å². The van der Waals surface area contributed by atoms with Crippen molar-refractivity contribution in [2.24, 2.45) is 29.4 Å². The smallest absolute Gasteiger partial charge is 0.357 e. The molecule has 2 saturated carbocycles. The predicted octanol–water partition coefficient (Wildman–Crippen LogP) is 5.34. The summed E-state index contributed by atoms with van der Waals surface area (Å²) in [5.74, 6) is 0.152. The zero-order chi connectivity index (χ0) is 28.9. The Morgan fingerprint density at radius 1 is 1.07 bits per heavy atom. The number of anilines is 1. The number of likely N-dealkylation sites (tertiary alicyclic amines) is 1. The Hall–Kier alpha value is -2.94. The van der Waals surface area contributed by atoms with E-state index < -0.39 is 24.5 Å². The van der Waals surface area contributed by atoms with Crippen molar-refractivity contribution in [1.82, 2.24) is 9.47 Å². The summed E-state index contributed by atoms with van der Waals surface area (Å²) < 4.78 is 20.5. The molecule has 2 aliphatic heterocycles. The van der Waals surface area contributed by atoms with Gasteiger partial charge >= 0.3 is 5.97 Å². The first-order valence-corrected chi connectivity index (χ1v) is 15.5. The number of alkyl halides is 1. The van der Waals surface area contributed by atoms with Gasteiger partial charge in [-0.05, 0) is 88.0 Å². The number of nitrogens with zero attached hydrogens (tertiary/aromatic N) is 2.